The Bertz CT molecular complexity index is 496. The van der Waals surface area contributed by atoms with Crippen molar-refractivity contribution < 1.29 is 14.6 Å². The molecule has 19 heavy (non-hydrogen) atoms. The van der Waals surface area contributed by atoms with Crippen LogP contribution in [0.1, 0.15) is 30.4 Å². The molecule has 1 aromatic carbocycles. The van der Waals surface area contributed by atoms with Gasteiger partial charge < -0.3 is 20.3 Å². The van der Waals surface area contributed by atoms with Gasteiger partial charge in [-0.2, -0.15) is 0 Å². The number of aliphatic hydroxyl groups is 1. The molecule has 1 aliphatic carbocycles. The Labute approximate surface area is 113 Å². The predicted octanol–water partition coefficient (Wildman–Crippen LogP) is 1.44. The van der Waals surface area contributed by atoms with E-state index in [1.54, 1.807) is 7.11 Å². The molecule has 3 rings (SSSR count). The lowest BCUT2D eigenvalue weighted by Gasteiger charge is -2.15. The van der Waals surface area contributed by atoms with Crippen LogP contribution in [0.5, 0.6) is 11.5 Å². The third kappa shape index (κ3) is 1.90. The Balaban J connectivity index is 1.97. The van der Waals surface area contributed by atoms with Crippen LogP contribution < -0.4 is 15.2 Å². The summed E-state index contributed by atoms with van der Waals surface area (Å²) in [5.41, 5.74) is 7.97. The molecule has 0 saturated heterocycles. The Hall–Kier alpha value is -1.26. The van der Waals surface area contributed by atoms with Gasteiger partial charge in [-0.05, 0) is 31.4 Å². The molecule has 3 N–H and O–H groups in total. The highest BCUT2D eigenvalue weighted by Gasteiger charge is 2.54. The van der Waals surface area contributed by atoms with Crippen molar-refractivity contribution in [3.05, 3.63) is 23.3 Å². The zero-order chi connectivity index (χ0) is 13.6. The molecule has 0 radical (unpaired) electrons. The minimum absolute atomic E-state index is 0.131. The number of hydrogen-bond acceptors (Lipinski definition) is 4. The minimum Gasteiger partial charge on any atom is -0.496 e. The first-order chi connectivity index (χ1) is 9.13. The predicted molar refractivity (Wildman–Crippen MR) is 72.7 cm³/mol. The number of benzene rings is 1. The van der Waals surface area contributed by atoms with Gasteiger partial charge in [-0.15, -0.1) is 0 Å². The van der Waals surface area contributed by atoms with Gasteiger partial charge in [0, 0.05) is 29.5 Å². The van der Waals surface area contributed by atoms with Gasteiger partial charge >= 0.3 is 0 Å². The fourth-order valence-corrected chi connectivity index (χ4v) is 3.16. The van der Waals surface area contributed by atoms with Crippen LogP contribution in [0.2, 0.25) is 0 Å². The maximum absolute atomic E-state index is 9.54. The van der Waals surface area contributed by atoms with Gasteiger partial charge in [0.1, 0.15) is 17.6 Å². The molecule has 4 nitrogen and oxygen atoms in total. The number of nitrogens with two attached hydrogens (primary N) is 1. The van der Waals surface area contributed by atoms with E-state index in [9.17, 15) is 5.11 Å². The maximum atomic E-state index is 9.54. The zero-order valence-electron chi connectivity index (χ0n) is 11.5. The van der Waals surface area contributed by atoms with Gasteiger partial charge in [0.05, 0.1) is 13.7 Å². The molecule has 0 aromatic heterocycles. The van der Waals surface area contributed by atoms with Crippen LogP contribution in [0.15, 0.2) is 12.1 Å². The van der Waals surface area contributed by atoms with Gasteiger partial charge in [0.25, 0.3) is 0 Å². The molecular formula is C15H21NO3. The Kier molecular flexibility index (Phi) is 2.95. The first kappa shape index (κ1) is 12.8. The van der Waals surface area contributed by atoms with E-state index in [2.05, 4.69) is 19.1 Å². The highest BCUT2D eigenvalue weighted by Crippen LogP contribution is 2.60. The lowest BCUT2D eigenvalue weighted by molar-refractivity contribution is 0.211. The van der Waals surface area contributed by atoms with Gasteiger partial charge in [0.2, 0.25) is 0 Å². The summed E-state index contributed by atoms with van der Waals surface area (Å²) in [5, 5.41) is 9.54. The molecule has 2 aliphatic rings. The Morgan fingerprint density at radius 2 is 2.32 bits per heavy atom. The molecule has 1 fully saturated rings. The molecule has 0 amide bonds. The number of aliphatic hydroxyl groups excluding tert-OH is 1. The Morgan fingerprint density at radius 1 is 1.53 bits per heavy atom. The molecule has 0 bridgehead atoms. The second kappa shape index (κ2) is 4.39. The standard InChI is InChI=1S/C15H21NO3/c1-9-3-10-4-14(18-2)11(5-13(10)19-9)12-6-15(12,7-16)8-17/h4-5,9,12,17H,3,6-8,16H2,1-2H3. The third-order valence-corrected chi connectivity index (χ3v) is 4.53. The van der Waals surface area contributed by atoms with Crippen molar-refractivity contribution in [3.8, 4) is 11.5 Å². The van der Waals surface area contributed by atoms with Crippen molar-refractivity contribution in [1.29, 1.82) is 0 Å². The van der Waals surface area contributed by atoms with Crippen molar-refractivity contribution in [2.24, 2.45) is 11.1 Å². The summed E-state index contributed by atoms with van der Waals surface area (Å²) < 4.78 is 11.3. The molecule has 104 valence electrons. The number of rotatable bonds is 4. The number of ether oxygens (including phenoxy) is 2. The highest BCUT2D eigenvalue weighted by molar-refractivity contribution is 5.52. The van der Waals surface area contributed by atoms with Crippen molar-refractivity contribution >= 4 is 0 Å². The summed E-state index contributed by atoms with van der Waals surface area (Å²) in [6.07, 6.45) is 2.08. The van der Waals surface area contributed by atoms with Crippen LogP contribution in [0, 0.1) is 5.41 Å². The van der Waals surface area contributed by atoms with Crippen LogP contribution >= 0.6 is 0 Å². The SMILES string of the molecule is COc1cc2c(cc1C1CC1(CN)CO)OC(C)C2. The smallest absolute Gasteiger partial charge is 0.123 e. The number of fused-ring (bicyclic) bond motifs is 1. The van der Waals surface area contributed by atoms with Gasteiger partial charge in [-0.3, -0.25) is 0 Å². The van der Waals surface area contributed by atoms with E-state index >= 15 is 0 Å². The maximum Gasteiger partial charge on any atom is 0.123 e. The van der Waals surface area contributed by atoms with E-state index in [0.717, 1.165) is 29.9 Å². The zero-order valence-corrected chi connectivity index (χ0v) is 11.5. The molecular weight excluding hydrogens is 242 g/mol. The van der Waals surface area contributed by atoms with Crippen LogP contribution in [0.4, 0.5) is 0 Å². The fraction of sp³-hybridized carbons (Fsp3) is 0.600. The number of hydrogen-bond donors (Lipinski definition) is 2. The van der Waals surface area contributed by atoms with Gasteiger partial charge in [-0.1, -0.05) is 0 Å². The average Bonchev–Trinajstić information content (AvgIpc) is 3.04. The van der Waals surface area contributed by atoms with E-state index in [4.69, 9.17) is 15.2 Å². The molecule has 3 atom stereocenters. The van der Waals surface area contributed by atoms with Crippen LogP contribution in [0.25, 0.3) is 0 Å². The van der Waals surface area contributed by atoms with E-state index in [1.807, 2.05) is 0 Å². The average molecular weight is 263 g/mol. The summed E-state index contributed by atoms with van der Waals surface area (Å²) >= 11 is 0. The van der Waals surface area contributed by atoms with Gasteiger partial charge in [-0.25, -0.2) is 0 Å². The van der Waals surface area contributed by atoms with E-state index in [1.165, 1.54) is 5.56 Å². The topological polar surface area (TPSA) is 64.7 Å². The van der Waals surface area contributed by atoms with E-state index in [0.29, 0.717) is 6.54 Å². The summed E-state index contributed by atoms with van der Waals surface area (Å²) in [6, 6.07) is 4.15. The monoisotopic (exact) mass is 263 g/mol. The second-order valence-electron chi connectivity index (χ2n) is 5.82. The normalized spacial score (nSPS) is 31.8. The summed E-state index contributed by atoms with van der Waals surface area (Å²) in [4.78, 5) is 0. The minimum atomic E-state index is -0.161. The summed E-state index contributed by atoms with van der Waals surface area (Å²) in [7, 11) is 1.69. The van der Waals surface area contributed by atoms with Crippen molar-refractivity contribution in [3.63, 3.8) is 0 Å². The third-order valence-electron chi connectivity index (χ3n) is 4.53. The van der Waals surface area contributed by atoms with Crippen LogP contribution in [0.3, 0.4) is 0 Å². The van der Waals surface area contributed by atoms with Crippen molar-refractivity contribution in [1.82, 2.24) is 0 Å². The lowest BCUT2D eigenvalue weighted by Crippen LogP contribution is -2.21. The quantitative estimate of drug-likeness (QED) is 0.863. The molecule has 1 saturated carbocycles. The largest absolute Gasteiger partial charge is 0.496 e. The molecule has 0 spiro atoms. The first-order valence-corrected chi connectivity index (χ1v) is 6.82. The lowest BCUT2D eigenvalue weighted by atomic mass is 9.97. The molecule has 3 unspecified atom stereocenters. The molecule has 1 heterocycles. The summed E-state index contributed by atoms with van der Waals surface area (Å²) in [5.74, 6) is 2.13. The first-order valence-electron chi connectivity index (χ1n) is 6.82. The van der Waals surface area contributed by atoms with Crippen LogP contribution in [-0.4, -0.2) is 31.5 Å². The highest BCUT2D eigenvalue weighted by atomic mass is 16.5. The van der Waals surface area contributed by atoms with Gasteiger partial charge in [0.15, 0.2) is 0 Å². The van der Waals surface area contributed by atoms with Crippen molar-refractivity contribution in [2.75, 3.05) is 20.3 Å². The Morgan fingerprint density at radius 3 is 2.89 bits per heavy atom. The molecule has 4 heteroatoms. The summed E-state index contributed by atoms with van der Waals surface area (Å²) in [6.45, 7) is 2.71. The molecule has 1 aliphatic heterocycles. The fourth-order valence-electron chi connectivity index (χ4n) is 3.16. The number of methoxy groups -OCH3 is 1. The molecule has 1 aromatic rings. The van der Waals surface area contributed by atoms with E-state index < -0.39 is 0 Å². The second-order valence-corrected chi connectivity index (χ2v) is 5.82. The van der Waals surface area contributed by atoms with E-state index in [-0.39, 0.29) is 24.0 Å². The van der Waals surface area contributed by atoms with Crippen molar-refractivity contribution in [2.45, 2.75) is 31.8 Å². The van der Waals surface area contributed by atoms with Crippen LogP contribution in [-0.2, 0) is 6.42 Å².